The minimum absolute atomic E-state index is 0.0979. The molecule has 4 amide bonds. The summed E-state index contributed by atoms with van der Waals surface area (Å²) in [7, 11) is 0. The lowest BCUT2D eigenvalue weighted by molar-refractivity contribution is -0.142. The van der Waals surface area contributed by atoms with Gasteiger partial charge in [0.15, 0.2) is 5.76 Å². The van der Waals surface area contributed by atoms with Crippen molar-refractivity contribution in [1.29, 1.82) is 5.26 Å². The summed E-state index contributed by atoms with van der Waals surface area (Å²) in [6, 6.07) is 6.19. The first-order valence-corrected chi connectivity index (χ1v) is 11.6. The quantitative estimate of drug-likeness (QED) is 0.272. The summed E-state index contributed by atoms with van der Waals surface area (Å²) < 4.78 is 5.48. The van der Waals surface area contributed by atoms with Gasteiger partial charge in [0.2, 0.25) is 11.8 Å². The van der Waals surface area contributed by atoms with E-state index in [0.29, 0.717) is 30.6 Å². The molecule has 0 radical (unpaired) electrons. The molecule has 0 aliphatic carbocycles. The number of aliphatic carboxylic acids is 1. The number of nitrogens with one attached hydrogen (secondary N) is 2. The van der Waals surface area contributed by atoms with Crippen molar-refractivity contribution in [2.45, 2.75) is 58.5 Å². The van der Waals surface area contributed by atoms with Crippen LogP contribution >= 0.6 is 0 Å². The van der Waals surface area contributed by atoms with Crippen LogP contribution in [0.5, 0.6) is 5.75 Å². The zero-order valence-corrected chi connectivity index (χ0v) is 20.4. The first kappa shape index (κ1) is 28.0. The molecule has 2 rings (SSSR count). The molecule has 192 valence electrons. The molecule has 1 aromatic rings. The average molecular weight is 499 g/mol. The molecule has 0 fully saturated rings. The molecule has 36 heavy (non-hydrogen) atoms. The van der Waals surface area contributed by atoms with Crippen molar-refractivity contribution in [3.8, 4) is 11.8 Å². The Balaban J connectivity index is 1.74. The molecule has 0 bridgehead atoms. The second kappa shape index (κ2) is 13.0. The maximum absolute atomic E-state index is 12.5. The monoisotopic (exact) mass is 498 g/mol. The Kier molecular flexibility index (Phi) is 10.2. The fourth-order valence-corrected chi connectivity index (χ4v) is 3.37. The van der Waals surface area contributed by atoms with Gasteiger partial charge in [0, 0.05) is 13.0 Å². The second-order valence-electron chi connectivity index (χ2n) is 8.71. The highest BCUT2D eigenvalue weighted by atomic mass is 16.5. The number of hydrogen-bond donors (Lipinski definition) is 3. The molecule has 1 aliphatic rings. The maximum atomic E-state index is 12.5. The number of carbonyl (C=O) groups excluding carboxylic acids is 4. The lowest BCUT2D eigenvalue weighted by Gasteiger charge is -2.23. The van der Waals surface area contributed by atoms with Crippen LogP contribution in [0.1, 0.15) is 52.0 Å². The highest BCUT2D eigenvalue weighted by Gasteiger charge is 2.32. The fourth-order valence-electron chi connectivity index (χ4n) is 3.37. The van der Waals surface area contributed by atoms with Gasteiger partial charge in [-0.15, -0.1) is 0 Å². The number of unbranched alkanes of at least 4 members (excludes halogenated alkanes) is 2. The number of benzene rings is 1. The Bertz CT molecular complexity index is 1070. The number of ether oxygens (including phenoxy) is 1. The van der Waals surface area contributed by atoms with Crippen LogP contribution in [0.15, 0.2) is 36.1 Å². The first-order valence-electron chi connectivity index (χ1n) is 11.6. The molecular formula is C25H30N4O7. The van der Waals surface area contributed by atoms with Crippen LogP contribution in [0.3, 0.4) is 0 Å². The van der Waals surface area contributed by atoms with E-state index in [-0.39, 0.29) is 30.5 Å². The number of amides is 4. The lowest BCUT2D eigenvalue weighted by atomic mass is 10.0. The van der Waals surface area contributed by atoms with Gasteiger partial charge in [0.05, 0.1) is 17.7 Å². The van der Waals surface area contributed by atoms with Crippen LogP contribution in [0, 0.1) is 17.2 Å². The maximum Gasteiger partial charge on any atom is 0.325 e. The zero-order valence-electron chi connectivity index (χ0n) is 20.4. The topological polar surface area (TPSA) is 166 Å². The largest absolute Gasteiger partial charge is 0.480 e. The van der Waals surface area contributed by atoms with E-state index in [1.807, 2.05) is 6.07 Å². The van der Waals surface area contributed by atoms with Gasteiger partial charge in [-0.3, -0.25) is 28.9 Å². The van der Waals surface area contributed by atoms with Crippen LogP contribution in [0.4, 0.5) is 0 Å². The Morgan fingerprint density at radius 1 is 1.06 bits per heavy atom. The van der Waals surface area contributed by atoms with Gasteiger partial charge in [-0.1, -0.05) is 20.3 Å². The molecule has 1 heterocycles. The summed E-state index contributed by atoms with van der Waals surface area (Å²) in [6.45, 7) is 4.99. The smallest absolute Gasteiger partial charge is 0.325 e. The lowest BCUT2D eigenvalue weighted by Crippen LogP contribution is -2.53. The van der Waals surface area contributed by atoms with Gasteiger partial charge in [-0.2, -0.15) is 5.26 Å². The third-order valence-corrected chi connectivity index (χ3v) is 5.47. The molecule has 11 heteroatoms. The third kappa shape index (κ3) is 7.94. The predicted octanol–water partition coefficient (Wildman–Crippen LogP) is 1.48. The summed E-state index contributed by atoms with van der Waals surface area (Å²) in [5.41, 5.74) is 0.441. The summed E-state index contributed by atoms with van der Waals surface area (Å²) >= 11 is 0. The number of nitrogens with zero attached hydrogens (tertiary/aromatic N) is 2. The number of nitriles is 1. The average Bonchev–Trinajstić information content (AvgIpc) is 3.09. The van der Waals surface area contributed by atoms with E-state index in [1.165, 1.54) is 31.2 Å². The van der Waals surface area contributed by atoms with Crippen LogP contribution in [-0.2, 0) is 24.0 Å². The van der Waals surface area contributed by atoms with E-state index < -0.39 is 35.8 Å². The standard InChI is InChI=1S/C25H30N4O7/c1-15(2)22(23(32)27-16(3)25(34)35)28-20(30)7-5-4-6-12-29-21(31)13-19(24(29)33)36-18-10-8-17(14-26)9-11-18/h8-11,13,15-16,22H,4-7,12H2,1-3H3,(H,27,32)(H,28,30)(H,34,35). The summed E-state index contributed by atoms with van der Waals surface area (Å²) in [4.78, 5) is 61.3. The van der Waals surface area contributed by atoms with Gasteiger partial charge in [-0.25, -0.2) is 0 Å². The van der Waals surface area contributed by atoms with Crippen molar-refractivity contribution in [2.24, 2.45) is 5.92 Å². The normalized spacial score (nSPS) is 14.6. The third-order valence-electron chi connectivity index (χ3n) is 5.47. The fraction of sp³-hybridized carbons (Fsp3) is 0.440. The highest BCUT2D eigenvalue weighted by Crippen LogP contribution is 2.20. The molecule has 1 aliphatic heterocycles. The molecular weight excluding hydrogens is 468 g/mol. The molecule has 2 unspecified atom stereocenters. The summed E-state index contributed by atoms with van der Waals surface area (Å²) in [6.07, 6.45) is 2.77. The van der Waals surface area contributed by atoms with Crippen molar-refractivity contribution in [2.75, 3.05) is 6.54 Å². The Labute approximate surface area is 209 Å². The van der Waals surface area contributed by atoms with Crippen molar-refractivity contribution in [1.82, 2.24) is 15.5 Å². The van der Waals surface area contributed by atoms with Crippen LogP contribution in [-0.4, -0.2) is 58.2 Å². The molecule has 11 nitrogen and oxygen atoms in total. The molecule has 0 saturated carbocycles. The number of imide groups is 1. The number of rotatable bonds is 13. The molecule has 0 spiro atoms. The van der Waals surface area contributed by atoms with Crippen molar-refractivity contribution < 1.29 is 33.8 Å². The second-order valence-corrected chi connectivity index (χ2v) is 8.71. The molecule has 0 saturated heterocycles. The van der Waals surface area contributed by atoms with E-state index in [1.54, 1.807) is 13.8 Å². The Morgan fingerprint density at radius 3 is 2.31 bits per heavy atom. The van der Waals surface area contributed by atoms with E-state index in [2.05, 4.69) is 10.6 Å². The van der Waals surface area contributed by atoms with Crippen LogP contribution < -0.4 is 15.4 Å². The zero-order chi connectivity index (χ0) is 26.8. The van der Waals surface area contributed by atoms with Crippen molar-refractivity contribution in [3.05, 3.63) is 41.7 Å². The van der Waals surface area contributed by atoms with Crippen molar-refractivity contribution in [3.63, 3.8) is 0 Å². The van der Waals surface area contributed by atoms with Crippen LogP contribution in [0.25, 0.3) is 0 Å². The number of carboxylic acid groups (broad SMARTS) is 1. The molecule has 1 aromatic carbocycles. The van der Waals surface area contributed by atoms with Crippen LogP contribution in [0.2, 0.25) is 0 Å². The van der Waals surface area contributed by atoms with Gasteiger partial charge < -0.3 is 20.5 Å². The minimum atomic E-state index is -1.17. The van der Waals surface area contributed by atoms with Gasteiger partial charge in [0.1, 0.15) is 17.8 Å². The van der Waals surface area contributed by atoms with Gasteiger partial charge in [-0.05, 0) is 49.9 Å². The minimum Gasteiger partial charge on any atom is -0.480 e. The van der Waals surface area contributed by atoms with Gasteiger partial charge in [0.25, 0.3) is 11.8 Å². The summed E-state index contributed by atoms with van der Waals surface area (Å²) in [5, 5.41) is 22.8. The first-order chi connectivity index (χ1) is 17.0. The Hall–Kier alpha value is -4.20. The van der Waals surface area contributed by atoms with E-state index in [4.69, 9.17) is 15.1 Å². The number of hydrogen-bond acceptors (Lipinski definition) is 7. The van der Waals surface area contributed by atoms with E-state index >= 15 is 0 Å². The van der Waals surface area contributed by atoms with E-state index in [9.17, 15) is 24.0 Å². The molecule has 2 atom stereocenters. The Morgan fingerprint density at radius 2 is 1.72 bits per heavy atom. The molecule has 3 N–H and O–H groups in total. The van der Waals surface area contributed by atoms with Crippen molar-refractivity contribution >= 4 is 29.6 Å². The van der Waals surface area contributed by atoms with Gasteiger partial charge >= 0.3 is 5.97 Å². The molecule has 0 aromatic heterocycles. The number of carbonyl (C=O) groups is 5. The highest BCUT2D eigenvalue weighted by molar-refractivity contribution is 6.15. The summed E-state index contributed by atoms with van der Waals surface area (Å²) in [5.74, 6) is -3.12. The van der Waals surface area contributed by atoms with E-state index in [0.717, 1.165) is 11.0 Å². The SMILES string of the molecule is CC(NC(=O)C(NC(=O)CCCCCN1C(=O)C=C(Oc2ccc(C#N)cc2)C1=O)C(C)C)C(=O)O. The number of carboxylic acids is 1. The predicted molar refractivity (Wildman–Crippen MR) is 127 cm³/mol.